The molecule has 0 radical (unpaired) electrons. The van der Waals surface area contributed by atoms with Gasteiger partial charge in [0.15, 0.2) is 0 Å². The first-order valence-electron chi connectivity index (χ1n) is 7.42. The maximum Gasteiger partial charge on any atom is 0.282 e. The lowest BCUT2D eigenvalue weighted by atomic mass is 10.2. The van der Waals surface area contributed by atoms with Crippen molar-refractivity contribution in [2.75, 3.05) is 11.7 Å². The van der Waals surface area contributed by atoms with E-state index >= 15 is 0 Å². The van der Waals surface area contributed by atoms with Crippen molar-refractivity contribution >= 4 is 11.6 Å². The Labute approximate surface area is 125 Å². The normalized spacial score (nSPS) is 13.9. The number of carbonyl (C=O) groups is 1. The molecular formula is C18H19NO2. The zero-order valence-electron chi connectivity index (χ0n) is 11.9. The van der Waals surface area contributed by atoms with Crippen LogP contribution in [0, 0.1) is 5.92 Å². The van der Waals surface area contributed by atoms with Gasteiger partial charge in [0.25, 0.3) is 5.91 Å². The van der Waals surface area contributed by atoms with Crippen LogP contribution in [0.3, 0.4) is 0 Å². The molecule has 3 rings (SSSR count). The van der Waals surface area contributed by atoms with Crippen LogP contribution in [0.25, 0.3) is 0 Å². The van der Waals surface area contributed by atoms with Gasteiger partial charge in [-0.25, -0.2) is 0 Å². The number of anilines is 1. The van der Waals surface area contributed by atoms with Crippen molar-refractivity contribution in [3.63, 3.8) is 0 Å². The standard InChI is InChI=1S/C18H19NO2/c20-18(16-7-3-1-4-8-16)19(17-9-5-2-6-10-17)21-14-13-15-11-12-15/h1-10,15H,11-14H2. The van der Waals surface area contributed by atoms with E-state index in [4.69, 9.17) is 4.84 Å². The minimum Gasteiger partial charge on any atom is -0.266 e. The van der Waals surface area contributed by atoms with Gasteiger partial charge in [-0.15, -0.1) is 0 Å². The van der Waals surface area contributed by atoms with Gasteiger partial charge in [0.2, 0.25) is 0 Å². The Bertz CT molecular complexity index is 579. The van der Waals surface area contributed by atoms with Gasteiger partial charge in [-0.3, -0.25) is 9.63 Å². The van der Waals surface area contributed by atoms with E-state index in [-0.39, 0.29) is 5.91 Å². The van der Waals surface area contributed by atoms with Crippen molar-refractivity contribution in [1.29, 1.82) is 0 Å². The SMILES string of the molecule is O=C(c1ccccc1)N(OCCC1CC1)c1ccccc1. The lowest BCUT2D eigenvalue weighted by molar-refractivity contribution is 0.0632. The summed E-state index contributed by atoms with van der Waals surface area (Å²) in [5.74, 6) is 0.659. The predicted octanol–water partition coefficient (Wildman–Crippen LogP) is 4.07. The number of nitrogens with zero attached hydrogens (tertiary/aromatic N) is 1. The van der Waals surface area contributed by atoms with E-state index in [0.717, 1.165) is 18.0 Å². The molecule has 1 aliphatic carbocycles. The summed E-state index contributed by atoms with van der Waals surface area (Å²) in [6.07, 6.45) is 3.61. The molecule has 0 spiro atoms. The van der Waals surface area contributed by atoms with Gasteiger partial charge in [-0.05, 0) is 36.6 Å². The van der Waals surface area contributed by atoms with Crippen molar-refractivity contribution in [2.24, 2.45) is 5.92 Å². The first kappa shape index (κ1) is 13.8. The Morgan fingerprint density at radius 2 is 1.62 bits per heavy atom. The third kappa shape index (κ3) is 3.70. The number of hydrogen-bond acceptors (Lipinski definition) is 2. The number of hydroxylamine groups is 1. The van der Waals surface area contributed by atoms with Crippen LogP contribution in [0.5, 0.6) is 0 Å². The molecule has 1 saturated carbocycles. The molecule has 108 valence electrons. The molecule has 0 aromatic heterocycles. The van der Waals surface area contributed by atoms with Crippen molar-refractivity contribution in [3.8, 4) is 0 Å². The van der Waals surface area contributed by atoms with Crippen LogP contribution in [0.2, 0.25) is 0 Å². The minimum absolute atomic E-state index is 0.127. The number of rotatable bonds is 6. The largest absolute Gasteiger partial charge is 0.282 e. The predicted molar refractivity (Wildman–Crippen MR) is 83.0 cm³/mol. The van der Waals surface area contributed by atoms with Gasteiger partial charge < -0.3 is 0 Å². The maximum absolute atomic E-state index is 12.6. The van der Waals surface area contributed by atoms with Crippen LogP contribution in [0.1, 0.15) is 29.6 Å². The van der Waals surface area contributed by atoms with Gasteiger partial charge in [0, 0.05) is 5.56 Å². The second kappa shape index (κ2) is 6.55. The van der Waals surface area contributed by atoms with E-state index in [1.54, 1.807) is 0 Å². The molecule has 0 unspecified atom stereocenters. The highest BCUT2D eigenvalue weighted by molar-refractivity contribution is 6.04. The van der Waals surface area contributed by atoms with Crippen LogP contribution in [0.4, 0.5) is 5.69 Å². The fourth-order valence-corrected chi connectivity index (χ4v) is 2.23. The fraction of sp³-hybridized carbons (Fsp3) is 0.278. The average Bonchev–Trinajstić information content (AvgIpc) is 3.37. The number of benzene rings is 2. The molecule has 3 nitrogen and oxygen atoms in total. The second-order valence-electron chi connectivity index (χ2n) is 5.37. The van der Waals surface area contributed by atoms with Gasteiger partial charge in [-0.1, -0.05) is 49.2 Å². The number of amides is 1. The van der Waals surface area contributed by atoms with E-state index in [1.165, 1.54) is 17.9 Å². The van der Waals surface area contributed by atoms with Crippen LogP contribution in [0.15, 0.2) is 60.7 Å². The summed E-state index contributed by atoms with van der Waals surface area (Å²) >= 11 is 0. The summed E-state index contributed by atoms with van der Waals surface area (Å²) < 4.78 is 0. The van der Waals surface area contributed by atoms with Gasteiger partial charge >= 0.3 is 0 Å². The Morgan fingerprint density at radius 1 is 1.00 bits per heavy atom. The molecular weight excluding hydrogens is 262 g/mol. The smallest absolute Gasteiger partial charge is 0.266 e. The number of carbonyl (C=O) groups excluding carboxylic acids is 1. The van der Waals surface area contributed by atoms with E-state index < -0.39 is 0 Å². The number of para-hydroxylation sites is 1. The summed E-state index contributed by atoms with van der Waals surface area (Å²) in [5, 5.41) is 1.41. The van der Waals surface area contributed by atoms with Gasteiger partial charge in [0.1, 0.15) is 0 Å². The highest BCUT2D eigenvalue weighted by atomic mass is 16.7. The minimum atomic E-state index is -0.127. The first-order valence-corrected chi connectivity index (χ1v) is 7.42. The Morgan fingerprint density at radius 3 is 2.24 bits per heavy atom. The van der Waals surface area contributed by atoms with E-state index in [2.05, 4.69) is 0 Å². The molecule has 1 fully saturated rings. The quantitative estimate of drug-likeness (QED) is 0.747. The molecule has 0 atom stereocenters. The van der Waals surface area contributed by atoms with Crippen LogP contribution < -0.4 is 5.06 Å². The molecule has 2 aromatic carbocycles. The molecule has 21 heavy (non-hydrogen) atoms. The highest BCUT2D eigenvalue weighted by Gasteiger charge is 2.23. The van der Waals surface area contributed by atoms with Crippen molar-refractivity contribution in [2.45, 2.75) is 19.3 Å². The monoisotopic (exact) mass is 281 g/mol. The Hall–Kier alpha value is -2.13. The van der Waals surface area contributed by atoms with Crippen molar-refractivity contribution in [3.05, 3.63) is 66.2 Å². The molecule has 2 aromatic rings. The van der Waals surface area contributed by atoms with E-state index in [9.17, 15) is 4.79 Å². The summed E-state index contributed by atoms with van der Waals surface area (Å²) in [6.45, 7) is 0.581. The summed E-state index contributed by atoms with van der Waals surface area (Å²) in [7, 11) is 0. The van der Waals surface area contributed by atoms with Crippen LogP contribution >= 0.6 is 0 Å². The number of hydrogen-bond donors (Lipinski definition) is 0. The molecule has 1 amide bonds. The third-order valence-corrected chi connectivity index (χ3v) is 3.64. The molecule has 0 bridgehead atoms. The molecule has 1 aliphatic rings. The van der Waals surface area contributed by atoms with E-state index in [1.807, 2.05) is 60.7 Å². The van der Waals surface area contributed by atoms with Gasteiger partial charge in [-0.2, -0.15) is 5.06 Å². The highest BCUT2D eigenvalue weighted by Crippen LogP contribution is 2.32. The molecule has 0 saturated heterocycles. The fourth-order valence-electron chi connectivity index (χ4n) is 2.23. The van der Waals surface area contributed by atoms with Crippen molar-refractivity contribution < 1.29 is 9.63 Å². The zero-order chi connectivity index (χ0) is 14.5. The van der Waals surface area contributed by atoms with Crippen molar-refractivity contribution in [1.82, 2.24) is 0 Å². The lowest BCUT2D eigenvalue weighted by Crippen LogP contribution is -2.31. The second-order valence-corrected chi connectivity index (χ2v) is 5.37. The third-order valence-electron chi connectivity index (χ3n) is 3.64. The summed E-state index contributed by atoms with van der Waals surface area (Å²) in [5.41, 5.74) is 1.40. The first-order chi connectivity index (χ1) is 10.3. The Kier molecular flexibility index (Phi) is 4.31. The molecule has 0 aliphatic heterocycles. The molecule has 0 heterocycles. The van der Waals surface area contributed by atoms with Crippen LogP contribution in [-0.4, -0.2) is 12.5 Å². The lowest BCUT2D eigenvalue weighted by Gasteiger charge is -2.22. The average molecular weight is 281 g/mol. The maximum atomic E-state index is 12.6. The summed E-state index contributed by atoms with van der Waals surface area (Å²) in [4.78, 5) is 18.4. The van der Waals surface area contributed by atoms with E-state index in [0.29, 0.717) is 12.2 Å². The summed E-state index contributed by atoms with van der Waals surface area (Å²) in [6, 6.07) is 18.8. The van der Waals surface area contributed by atoms with Crippen LogP contribution in [-0.2, 0) is 4.84 Å². The zero-order valence-corrected chi connectivity index (χ0v) is 11.9. The topological polar surface area (TPSA) is 29.5 Å². The molecule has 0 N–H and O–H groups in total. The van der Waals surface area contributed by atoms with Gasteiger partial charge in [0.05, 0.1) is 12.3 Å². The Balaban J connectivity index is 1.75. The molecule has 3 heteroatoms.